The lowest BCUT2D eigenvalue weighted by Gasteiger charge is -2.22. The van der Waals surface area contributed by atoms with E-state index in [2.05, 4.69) is 27.7 Å². The zero-order valence-electron chi connectivity index (χ0n) is 13.9. The zero-order valence-corrected chi connectivity index (χ0v) is 16.1. The van der Waals surface area contributed by atoms with Crippen molar-refractivity contribution < 1.29 is 19.4 Å². The standard InChI is InChI=1S/C16H25IN2O4/c1-16(2,3)23-15(22)9-13(19-11-12(17)10-18-19)7-5-4-6-8-14(20)21/h10-11,13H,4-9H2,1-3H3,(H,20,21). The molecule has 23 heavy (non-hydrogen) atoms. The molecular weight excluding hydrogens is 411 g/mol. The Morgan fingerprint density at radius 3 is 2.57 bits per heavy atom. The van der Waals surface area contributed by atoms with Gasteiger partial charge in [0, 0.05) is 12.6 Å². The molecular formula is C16H25IN2O4. The van der Waals surface area contributed by atoms with E-state index in [1.54, 1.807) is 6.20 Å². The van der Waals surface area contributed by atoms with Crippen LogP contribution in [0.15, 0.2) is 12.4 Å². The highest BCUT2D eigenvalue weighted by Gasteiger charge is 2.22. The van der Waals surface area contributed by atoms with E-state index in [9.17, 15) is 9.59 Å². The summed E-state index contributed by atoms with van der Waals surface area (Å²) in [5, 5.41) is 13.0. The van der Waals surface area contributed by atoms with Crippen LogP contribution in [0.1, 0.15) is 65.3 Å². The van der Waals surface area contributed by atoms with Gasteiger partial charge in [0.1, 0.15) is 5.60 Å². The molecule has 0 spiro atoms. The summed E-state index contributed by atoms with van der Waals surface area (Å²) in [6.45, 7) is 5.55. The number of esters is 1. The second-order valence-electron chi connectivity index (χ2n) is 6.58. The van der Waals surface area contributed by atoms with E-state index in [0.29, 0.717) is 6.42 Å². The molecule has 0 saturated heterocycles. The Bertz CT molecular complexity index is 522. The van der Waals surface area contributed by atoms with Gasteiger partial charge in [-0.15, -0.1) is 0 Å². The predicted octanol–water partition coefficient (Wildman–Crippen LogP) is 3.80. The largest absolute Gasteiger partial charge is 0.481 e. The van der Waals surface area contributed by atoms with Gasteiger partial charge in [0.05, 0.1) is 22.2 Å². The number of hydrogen-bond donors (Lipinski definition) is 1. The maximum atomic E-state index is 12.1. The highest BCUT2D eigenvalue weighted by molar-refractivity contribution is 14.1. The number of nitrogens with zero attached hydrogens (tertiary/aromatic N) is 2. The third-order valence-corrected chi connectivity index (χ3v) is 3.75. The Morgan fingerprint density at radius 1 is 1.35 bits per heavy atom. The molecule has 0 amide bonds. The van der Waals surface area contributed by atoms with Gasteiger partial charge in [-0.2, -0.15) is 5.10 Å². The van der Waals surface area contributed by atoms with Crippen LogP contribution in [0.3, 0.4) is 0 Å². The molecule has 0 aliphatic carbocycles. The van der Waals surface area contributed by atoms with Crippen molar-refractivity contribution in [3.05, 3.63) is 16.0 Å². The predicted molar refractivity (Wildman–Crippen MR) is 95.2 cm³/mol. The maximum Gasteiger partial charge on any atom is 0.308 e. The summed E-state index contributed by atoms with van der Waals surface area (Å²) in [5.74, 6) is -1.00. The van der Waals surface area contributed by atoms with Crippen molar-refractivity contribution in [3.8, 4) is 0 Å². The minimum absolute atomic E-state index is 0.0572. The molecule has 0 aliphatic heterocycles. The van der Waals surface area contributed by atoms with Crippen LogP contribution in [0.25, 0.3) is 0 Å². The van der Waals surface area contributed by atoms with Crippen molar-refractivity contribution in [2.45, 2.75) is 70.9 Å². The summed E-state index contributed by atoms with van der Waals surface area (Å²) in [6, 6.07) is -0.0572. The first-order valence-electron chi connectivity index (χ1n) is 7.80. The lowest BCUT2D eigenvalue weighted by atomic mass is 10.0. The Hall–Kier alpha value is -1.12. The summed E-state index contributed by atoms with van der Waals surface area (Å²) < 4.78 is 8.22. The average molecular weight is 436 g/mol. The number of rotatable bonds is 9. The zero-order chi connectivity index (χ0) is 17.5. The molecule has 0 saturated carbocycles. The van der Waals surface area contributed by atoms with Crippen LogP contribution in [-0.2, 0) is 14.3 Å². The number of aliphatic carboxylic acids is 1. The van der Waals surface area contributed by atoms with Crippen molar-refractivity contribution in [1.82, 2.24) is 9.78 Å². The quantitative estimate of drug-likeness (QED) is 0.362. The van der Waals surface area contributed by atoms with Crippen LogP contribution in [0, 0.1) is 3.57 Å². The Morgan fingerprint density at radius 2 is 2.04 bits per heavy atom. The fraction of sp³-hybridized carbons (Fsp3) is 0.688. The van der Waals surface area contributed by atoms with Crippen LogP contribution in [0.4, 0.5) is 0 Å². The Kier molecular flexibility index (Phi) is 8.01. The van der Waals surface area contributed by atoms with Gasteiger partial charge in [0.15, 0.2) is 0 Å². The van der Waals surface area contributed by atoms with Gasteiger partial charge in [0.25, 0.3) is 0 Å². The van der Waals surface area contributed by atoms with E-state index in [1.165, 1.54) is 0 Å². The lowest BCUT2D eigenvalue weighted by Crippen LogP contribution is -2.26. The number of carboxylic acid groups (broad SMARTS) is 1. The average Bonchev–Trinajstić information content (AvgIpc) is 2.81. The van der Waals surface area contributed by atoms with Gasteiger partial charge < -0.3 is 9.84 Å². The van der Waals surface area contributed by atoms with Gasteiger partial charge in [-0.1, -0.05) is 12.8 Å². The normalized spacial score (nSPS) is 12.9. The molecule has 1 rings (SSSR count). The van der Waals surface area contributed by atoms with Crippen LogP contribution in [0.5, 0.6) is 0 Å². The minimum Gasteiger partial charge on any atom is -0.481 e. The number of unbranched alkanes of at least 4 members (excludes halogenated alkanes) is 2. The van der Waals surface area contributed by atoms with Crippen molar-refractivity contribution in [2.24, 2.45) is 0 Å². The van der Waals surface area contributed by atoms with Gasteiger partial charge in [-0.3, -0.25) is 14.3 Å². The second kappa shape index (κ2) is 9.24. The van der Waals surface area contributed by atoms with Crippen molar-refractivity contribution in [2.75, 3.05) is 0 Å². The second-order valence-corrected chi connectivity index (χ2v) is 7.82. The van der Waals surface area contributed by atoms with E-state index in [1.807, 2.05) is 31.6 Å². The number of halogens is 1. The van der Waals surface area contributed by atoms with Crippen LogP contribution >= 0.6 is 22.6 Å². The highest BCUT2D eigenvalue weighted by Crippen LogP contribution is 2.22. The maximum absolute atomic E-state index is 12.1. The highest BCUT2D eigenvalue weighted by atomic mass is 127. The third kappa shape index (κ3) is 8.92. The van der Waals surface area contributed by atoms with Crippen LogP contribution in [-0.4, -0.2) is 32.4 Å². The van der Waals surface area contributed by atoms with Gasteiger partial charge >= 0.3 is 11.9 Å². The molecule has 1 unspecified atom stereocenters. The Balaban J connectivity index is 2.56. The first-order chi connectivity index (χ1) is 10.7. The minimum atomic E-state index is -0.767. The van der Waals surface area contributed by atoms with E-state index in [-0.39, 0.29) is 24.9 Å². The lowest BCUT2D eigenvalue weighted by molar-refractivity contribution is -0.156. The molecule has 130 valence electrons. The molecule has 7 heteroatoms. The summed E-state index contributed by atoms with van der Waals surface area (Å²) in [7, 11) is 0. The molecule has 0 bridgehead atoms. The molecule has 0 aromatic carbocycles. The number of ether oxygens (including phenoxy) is 1. The van der Waals surface area contributed by atoms with E-state index < -0.39 is 11.6 Å². The van der Waals surface area contributed by atoms with E-state index >= 15 is 0 Å². The summed E-state index contributed by atoms with van der Waals surface area (Å²) in [4.78, 5) is 22.6. The molecule has 1 aromatic rings. The molecule has 1 heterocycles. The van der Waals surface area contributed by atoms with Crippen LogP contribution < -0.4 is 0 Å². The molecule has 6 nitrogen and oxygen atoms in total. The molecule has 1 N–H and O–H groups in total. The van der Waals surface area contributed by atoms with Crippen molar-refractivity contribution in [3.63, 3.8) is 0 Å². The smallest absolute Gasteiger partial charge is 0.308 e. The fourth-order valence-electron chi connectivity index (χ4n) is 2.25. The van der Waals surface area contributed by atoms with Crippen molar-refractivity contribution >= 4 is 34.5 Å². The molecule has 0 fully saturated rings. The molecule has 1 atom stereocenters. The number of aromatic nitrogens is 2. The monoisotopic (exact) mass is 436 g/mol. The third-order valence-electron chi connectivity index (χ3n) is 3.19. The number of hydrogen-bond acceptors (Lipinski definition) is 4. The van der Waals surface area contributed by atoms with Gasteiger partial charge in [-0.25, -0.2) is 0 Å². The number of carbonyl (C=O) groups is 2. The van der Waals surface area contributed by atoms with Crippen LogP contribution in [0.2, 0.25) is 0 Å². The molecule has 0 radical (unpaired) electrons. The summed E-state index contributed by atoms with van der Waals surface area (Å²) >= 11 is 2.18. The number of carboxylic acids is 1. The van der Waals surface area contributed by atoms with Gasteiger partial charge in [0.2, 0.25) is 0 Å². The van der Waals surface area contributed by atoms with E-state index in [4.69, 9.17) is 9.84 Å². The number of carbonyl (C=O) groups excluding carboxylic acids is 1. The first-order valence-corrected chi connectivity index (χ1v) is 8.88. The summed E-state index contributed by atoms with van der Waals surface area (Å²) in [5.41, 5.74) is -0.498. The summed E-state index contributed by atoms with van der Waals surface area (Å²) in [6.07, 6.45) is 7.25. The van der Waals surface area contributed by atoms with E-state index in [0.717, 1.165) is 22.8 Å². The van der Waals surface area contributed by atoms with Gasteiger partial charge in [-0.05, 0) is 56.2 Å². The molecule has 0 aliphatic rings. The fourth-order valence-corrected chi connectivity index (χ4v) is 2.66. The SMILES string of the molecule is CC(C)(C)OC(=O)CC(CCCCCC(=O)O)n1cc(I)cn1. The topological polar surface area (TPSA) is 81.4 Å². The molecule has 1 aromatic heterocycles. The Labute approximate surface area is 150 Å². The van der Waals surface area contributed by atoms with Crippen molar-refractivity contribution in [1.29, 1.82) is 0 Å². The first kappa shape index (κ1) is 19.9.